The van der Waals surface area contributed by atoms with Crippen molar-refractivity contribution in [1.82, 2.24) is 9.55 Å². The average Bonchev–Trinajstić information content (AvgIpc) is 2.63. The van der Waals surface area contributed by atoms with Crippen LogP contribution in [-0.2, 0) is 4.74 Å². The minimum absolute atomic E-state index is 0.180. The molecule has 8 heteroatoms. The third-order valence-electron chi connectivity index (χ3n) is 2.94. The van der Waals surface area contributed by atoms with Crippen LogP contribution >= 0.6 is 12.2 Å². The molecule has 19 heavy (non-hydrogen) atoms. The van der Waals surface area contributed by atoms with Crippen LogP contribution in [0, 0.1) is 17.0 Å². The van der Waals surface area contributed by atoms with E-state index in [1.54, 1.807) is 0 Å². The van der Waals surface area contributed by atoms with Crippen LogP contribution in [0.3, 0.4) is 0 Å². The summed E-state index contributed by atoms with van der Waals surface area (Å²) in [6.45, 7) is -0.667. The molecule has 0 saturated carbocycles. The Morgan fingerprint density at radius 2 is 2.42 bits per heavy atom. The number of rotatable bonds is 2. The van der Waals surface area contributed by atoms with Crippen LogP contribution in [0.25, 0.3) is 0 Å². The predicted octanol–water partition coefficient (Wildman–Crippen LogP) is -0.502. The molecule has 0 radical (unpaired) electrons. The molecule has 4 atom stereocenters. The minimum atomic E-state index is -2.34. The summed E-state index contributed by atoms with van der Waals surface area (Å²) in [5, 5.41) is 19.1. The van der Waals surface area contributed by atoms with Gasteiger partial charge in [-0.2, -0.15) is 0 Å². The monoisotopic (exact) mass is 286 g/mol. The van der Waals surface area contributed by atoms with Crippen molar-refractivity contribution in [3.05, 3.63) is 27.4 Å². The molecule has 1 saturated heterocycles. The topological polar surface area (TPSA) is 87.5 Å². The van der Waals surface area contributed by atoms with E-state index in [9.17, 15) is 14.3 Å². The van der Waals surface area contributed by atoms with Gasteiger partial charge in [-0.05, 0) is 6.07 Å². The number of aromatic nitrogens is 2. The second kappa shape index (κ2) is 4.86. The van der Waals surface area contributed by atoms with Gasteiger partial charge in [0.15, 0.2) is 12.4 Å². The lowest BCUT2D eigenvalue weighted by atomic mass is 9.96. The minimum Gasteiger partial charge on any atom is -0.394 e. The highest BCUT2D eigenvalue weighted by Crippen LogP contribution is 2.39. The van der Waals surface area contributed by atoms with Crippen LogP contribution < -0.4 is 5.69 Å². The zero-order valence-electron chi connectivity index (χ0n) is 9.62. The standard InChI is InChI=1S/C11H11FN2O4S/c1-2-11(17)8(12)6(5-15)18-9(11)14-4-3-7(19)13-10(14)16/h1,3-4,6,8-9,15,17H,5H2,(H,13,16,19)/t6?,8-,9?,11?/m0/s1. The third-order valence-corrected chi connectivity index (χ3v) is 3.18. The fourth-order valence-corrected chi connectivity index (χ4v) is 2.08. The Kier molecular flexibility index (Phi) is 3.56. The lowest BCUT2D eigenvalue weighted by molar-refractivity contribution is -0.0749. The molecule has 0 amide bonds. The zero-order valence-corrected chi connectivity index (χ0v) is 10.4. The number of hydrogen-bond donors (Lipinski definition) is 3. The molecule has 1 aromatic rings. The van der Waals surface area contributed by atoms with Crippen LogP contribution in [-0.4, -0.2) is 44.2 Å². The van der Waals surface area contributed by atoms with Gasteiger partial charge in [0.1, 0.15) is 10.7 Å². The first-order valence-corrected chi connectivity index (χ1v) is 5.77. The number of aliphatic hydroxyl groups excluding tert-OH is 1. The van der Waals surface area contributed by atoms with Gasteiger partial charge in [-0.25, -0.2) is 9.18 Å². The van der Waals surface area contributed by atoms with E-state index in [-0.39, 0.29) is 4.64 Å². The van der Waals surface area contributed by atoms with E-state index < -0.39 is 36.4 Å². The largest absolute Gasteiger partial charge is 0.394 e. The van der Waals surface area contributed by atoms with E-state index >= 15 is 0 Å². The molecular formula is C11H11FN2O4S. The van der Waals surface area contributed by atoms with Gasteiger partial charge >= 0.3 is 5.69 Å². The molecule has 0 aliphatic carbocycles. The summed E-state index contributed by atoms with van der Waals surface area (Å²) in [5.74, 6) is 1.89. The number of nitrogens with zero attached hydrogens (tertiary/aromatic N) is 1. The molecule has 1 fully saturated rings. The quantitative estimate of drug-likeness (QED) is 0.504. The van der Waals surface area contributed by atoms with E-state index in [4.69, 9.17) is 28.5 Å². The maximum absolute atomic E-state index is 14.0. The fourth-order valence-electron chi connectivity index (χ4n) is 1.93. The van der Waals surface area contributed by atoms with Crippen LogP contribution in [0.15, 0.2) is 17.1 Å². The summed E-state index contributed by atoms with van der Waals surface area (Å²) in [7, 11) is 0. The number of halogens is 1. The lowest BCUT2D eigenvalue weighted by Crippen LogP contribution is -2.45. The molecule has 0 aromatic carbocycles. The van der Waals surface area contributed by atoms with E-state index in [0.717, 1.165) is 4.57 Å². The highest BCUT2D eigenvalue weighted by Gasteiger charge is 2.56. The molecule has 6 nitrogen and oxygen atoms in total. The Morgan fingerprint density at radius 3 is 2.95 bits per heavy atom. The molecule has 3 unspecified atom stereocenters. The number of terminal acetylenes is 1. The predicted molar refractivity (Wildman–Crippen MR) is 65.6 cm³/mol. The SMILES string of the molecule is C#CC1(O)C(n2ccc(=S)[nH]c2=O)OC(CO)[C@@H]1F. The Labute approximate surface area is 112 Å². The molecule has 102 valence electrons. The maximum Gasteiger partial charge on any atom is 0.328 e. The Morgan fingerprint density at radius 1 is 1.74 bits per heavy atom. The van der Waals surface area contributed by atoms with E-state index in [1.807, 2.05) is 5.92 Å². The Bertz CT molecular complexity index is 637. The van der Waals surface area contributed by atoms with Crippen molar-refractivity contribution < 1.29 is 19.3 Å². The number of aromatic amines is 1. The second-order valence-corrected chi connectivity index (χ2v) is 4.54. The summed E-state index contributed by atoms with van der Waals surface area (Å²) in [6, 6.07) is 1.37. The molecular weight excluding hydrogens is 275 g/mol. The number of H-pyrrole nitrogens is 1. The summed E-state index contributed by atoms with van der Waals surface area (Å²) >= 11 is 4.76. The van der Waals surface area contributed by atoms with Crippen molar-refractivity contribution in [2.45, 2.75) is 24.1 Å². The van der Waals surface area contributed by atoms with E-state index in [2.05, 4.69) is 4.98 Å². The number of nitrogens with one attached hydrogen (secondary N) is 1. The molecule has 1 aliphatic rings. The third kappa shape index (κ3) is 2.11. The van der Waals surface area contributed by atoms with Crippen LogP contribution in [0.4, 0.5) is 4.39 Å². The summed E-state index contributed by atoms with van der Waals surface area (Å²) in [5.41, 5.74) is -3.04. The molecule has 0 bridgehead atoms. The highest BCUT2D eigenvalue weighted by molar-refractivity contribution is 7.71. The normalized spacial score (nSPS) is 34.1. The first-order valence-electron chi connectivity index (χ1n) is 5.36. The first-order chi connectivity index (χ1) is 8.93. The summed E-state index contributed by atoms with van der Waals surface area (Å²) in [6.07, 6.45) is 1.62. The van der Waals surface area contributed by atoms with Crippen LogP contribution in [0.2, 0.25) is 0 Å². The first kappa shape index (κ1) is 13.9. The van der Waals surface area contributed by atoms with Gasteiger partial charge in [0.2, 0.25) is 5.60 Å². The molecule has 1 aromatic heterocycles. The van der Waals surface area contributed by atoms with Crippen molar-refractivity contribution in [3.8, 4) is 12.3 Å². The van der Waals surface area contributed by atoms with Gasteiger partial charge in [0.25, 0.3) is 0 Å². The summed E-state index contributed by atoms with van der Waals surface area (Å²) in [4.78, 5) is 14.0. The smallest absolute Gasteiger partial charge is 0.328 e. The van der Waals surface area contributed by atoms with Crippen LogP contribution in [0.5, 0.6) is 0 Å². The van der Waals surface area contributed by atoms with Crippen molar-refractivity contribution in [3.63, 3.8) is 0 Å². The maximum atomic E-state index is 14.0. The Balaban J connectivity index is 2.52. The molecule has 0 spiro atoms. The highest BCUT2D eigenvalue weighted by atomic mass is 32.1. The van der Waals surface area contributed by atoms with Gasteiger partial charge in [-0.3, -0.25) is 9.55 Å². The van der Waals surface area contributed by atoms with Crippen molar-refractivity contribution >= 4 is 12.2 Å². The summed E-state index contributed by atoms with van der Waals surface area (Å²) < 4.78 is 20.2. The number of hydrogen-bond acceptors (Lipinski definition) is 5. The van der Waals surface area contributed by atoms with E-state index in [1.165, 1.54) is 12.3 Å². The molecule has 3 N–H and O–H groups in total. The average molecular weight is 286 g/mol. The van der Waals surface area contributed by atoms with Gasteiger partial charge in [0, 0.05) is 6.20 Å². The van der Waals surface area contributed by atoms with Gasteiger partial charge < -0.3 is 14.9 Å². The molecule has 2 rings (SSSR count). The molecule has 2 heterocycles. The zero-order chi connectivity index (χ0) is 14.2. The van der Waals surface area contributed by atoms with Crippen LogP contribution in [0.1, 0.15) is 6.23 Å². The number of alkyl halides is 1. The van der Waals surface area contributed by atoms with E-state index in [0.29, 0.717) is 0 Å². The van der Waals surface area contributed by atoms with Crippen molar-refractivity contribution in [1.29, 1.82) is 0 Å². The Hall–Kier alpha value is -1.53. The van der Waals surface area contributed by atoms with Gasteiger partial charge in [-0.1, -0.05) is 18.1 Å². The lowest BCUT2D eigenvalue weighted by Gasteiger charge is -2.25. The fraction of sp³-hybridized carbons (Fsp3) is 0.455. The van der Waals surface area contributed by atoms with Crippen molar-refractivity contribution in [2.75, 3.05) is 6.61 Å². The van der Waals surface area contributed by atoms with Crippen molar-refractivity contribution in [2.24, 2.45) is 0 Å². The van der Waals surface area contributed by atoms with Gasteiger partial charge in [0.05, 0.1) is 6.61 Å². The molecule has 1 aliphatic heterocycles. The second-order valence-electron chi connectivity index (χ2n) is 4.10. The number of ether oxygens (including phenoxy) is 1. The van der Waals surface area contributed by atoms with Gasteiger partial charge in [-0.15, -0.1) is 6.42 Å². The number of aliphatic hydroxyl groups is 2.